The van der Waals surface area contributed by atoms with E-state index < -0.39 is 0 Å². The van der Waals surface area contributed by atoms with Gasteiger partial charge in [-0.15, -0.1) is 0 Å². The minimum Gasteiger partial charge on any atom is -0.344 e. The van der Waals surface area contributed by atoms with Crippen molar-refractivity contribution in [3.05, 3.63) is 17.5 Å². The highest BCUT2D eigenvalue weighted by Crippen LogP contribution is 2.16. The Hall–Kier alpha value is -1.16. The van der Waals surface area contributed by atoms with Crippen molar-refractivity contribution in [2.24, 2.45) is 5.73 Å². The monoisotopic (exact) mass is 250 g/mol. The van der Waals surface area contributed by atoms with Gasteiger partial charge in [0.15, 0.2) is 0 Å². The summed E-state index contributed by atoms with van der Waals surface area (Å²) >= 11 is 0. The molecule has 0 amide bonds. The smallest absolute Gasteiger partial charge is 0.225 e. The number of unbranched alkanes of at least 4 members (excludes halogenated alkanes) is 2. The lowest BCUT2D eigenvalue weighted by atomic mass is 10.1. The van der Waals surface area contributed by atoms with Crippen molar-refractivity contribution in [3.63, 3.8) is 0 Å². The number of aryl methyl sites for hydroxylation is 1. The van der Waals surface area contributed by atoms with E-state index in [1.807, 2.05) is 6.92 Å². The van der Waals surface area contributed by atoms with Crippen molar-refractivity contribution in [3.8, 4) is 0 Å². The average Bonchev–Trinajstić information content (AvgIpc) is 2.33. The van der Waals surface area contributed by atoms with Crippen LogP contribution in [0.25, 0.3) is 0 Å². The van der Waals surface area contributed by atoms with Crippen molar-refractivity contribution >= 4 is 5.95 Å². The molecule has 4 heteroatoms. The molecule has 0 aliphatic heterocycles. The van der Waals surface area contributed by atoms with Gasteiger partial charge in [-0.1, -0.05) is 20.3 Å². The molecule has 0 aromatic carbocycles. The molecule has 0 radical (unpaired) electrons. The molecule has 1 aromatic heterocycles. The summed E-state index contributed by atoms with van der Waals surface area (Å²) in [4.78, 5) is 11.3. The number of rotatable bonds is 7. The van der Waals surface area contributed by atoms with Crippen LogP contribution in [0.3, 0.4) is 0 Å². The Balaban J connectivity index is 2.64. The fraction of sp³-hybridized carbons (Fsp3) is 0.714. The lowest BCUT2D eigenvalue weighted by Crippen LogP contribution is -2.22. The highest BCUT2D eigenvalue weighted by molar-refractivity contribution is 5.31. The number of nitrogens with zero attached hydrogens (tertiary/aromatic N) is 3. The van der Waals surface area contributed by atoms with Crippen molar-refractivity contribution < 1.29 is 0 Å². The maximum Gasteiger partial charge on any atom is 0.225 e. The molecular weight excluding hydrogens is 224 g/mol. The van der Waals surface area contributed by atoms with Gasteiger partial charge in [0.25, 0.3) is 0 Å². The first-order chi connectivity index (χ1) is 8.54. The number of anilines is 1. The Kier molecular flexibility index (Phi) is 6.05. The first-order valence-corrected chi connectivity index (χ1v) is 6.81. The van der Waals surface area contributed by atoms with Crippen LogP contribution < -0.4 is 10.6 Å². The fourth-order valence-corrected chi connectivity index (χ4v) is 1.81. The molecule has 2 N–H and O–H groups in total. The highest BCUT2D eigenvalue weighted by Gasteiger charge is 2.09. The maximum absolute atomic E-state index is 5.49. The molecule has 102 valence electrons. The summed E-state index contributed by atoms with van der Waals surface area (Å²) in [7, 11) is 2.06. The first-order valence-electron chi connectivity index (χ1n) is 6.81. The standard InChI is InChI=1S/C14H26N4/c1-11(2)13-10-12(3)16-14(17-13)18(4)9-7-5-6-8-15/h10-11H,5-9,15H2,1-4H3. The molecule has 4 nitrogen and oxygen atoms in total. The SMILES string of the molecule is Cc1cc(C(C)C)nc(N(C)CCCCCN)n1. The van der Waals surface area contributed by atoms with E-state index in [4.69, 9.17) is 5.73 Å². The van der Waals surface area contributed by atoms with Gasteiger partial charge in [-0.3, -0.25) is 0 Å². The Morgan fingerprint density at radius 1 is 1.22 bits per heavy atom. The van der Waals surface area contributed by atoms with Gasteiger partial charge in [-0.05, 0) is 38.3 Å². The normalized spacial score (nSPS) is 11.0. The molecule has 0 bridgehead atoms. The van der Waals surface area contributed by atoms with E-state index in [9.17, 15) is 0 Å². The Morgan fingerprint density at radius 2 is 1.94 bits per heavy atom. The predicted molar refractivity (Wildman–Crippen MR) is 77.0 cm³/mol. The Bertz CT molecular complexity index is 363. The Labute approximate surface area is 111 Å². The summed E-state index contributed by atoms with van der Waals surface area (Å²) in [6.45, 7) is 8.11. The van der Waals surface area contributed by atoms with Crippen LogP contribution in [0.1, 0.15) is 50.4 Å². The van der Waals surface area contributed by atoms with Gasteiger partial charge in [-0.25, -0.2) is 9.97 Å². The van der Waals surface area contributed by atoms with Crippen molar-refractivity contribution in [1.29, 1.82) is 0 Å². The van der Waals surface area contributed by atoms with E-state index in [0.29, 0.717) is 5.92 Å². The quantitative estimate of drug-likeness (QED) is 0.755. The minimum atomic E-state index is 0.441. The summed E-state index contributed by atoms with van der Waals surface area (Å²) in [5.41, 5.74) is 7.65. The zero-order chi connectivity index (χ0) is 13.5. The summed E-state index contributed by atoms with van der Waals surface area (Å²) in [5.74, 6) is 1.28. The van der Waals surface area contributed by atoms with E-state index in [2.05, 4.69) is 41.8 Å². The van der Waals surface area contributed by atoms with Crippen LogP contribution in [-0.4, -0.2) is 30.1 Å². The van der Waals surface area contributed by atoms with Gasteiger partial charge < -0.3 is 10.6 Å². The molecule has 0 aliphatic carbocycles. The predicted octanol–water partition coefficient (Wildman–Crippen LogP) is 2.47. The van der Waals surface area contributed by atoms with Crippen LogP contribution in [0.15, 0.2) is 6.07 Å². The molecule has 0 fully saturated rings. The second-order valence-corrected chi connectivity index (χ2v) is 5.16. The van der Waals surface area contributed by atoms with E-state index in [1.165, 1.54) is 6.42 Å². The molecule has 0 saturated heterocycles. The second-order valence-electron chi connectivity index (χ2n) is 5.16. The molecule has 1 aromatic rings. The van der Waals surface area contributed by atoms with Gasteiger partial charge in [0, 0.05) is 25.0 Å². The van der Waals surface area contributed by atoms with Gasteiger partial charge in [0.05, 0.1) is 0 Å². The van der Waals surface area contributed by atoms with Crippen molar-refractivity contribution in [2.45, 2.75) is 46.0 Å². The maximum atomic E-state index is 5.49. The molecule has 1 rings (SSSR count). The second kappa shape index (κ2) is 7.31. The van der Waals surface area contributed by atoms with Crippen LogP contribution in [-0.2, 0) is 0 Å². The number of hydrogen-bond donors (Lipinski definition) is 1. The molecule has 0 aliphatic rings. The zero-order valence-electron chi connectivity index (χ0n) is 12.1. The molecule has 18 heavy (non-hydrogen) atoms. The third-order valence-electron chi connectivity index (χ3n) is 2.99. The Morgan fingerprint density at radius 3 is 2.56 bits per heavy atom. The van der Waals surface area contributed by atoms with Crippen molar-refractivity contribution in [2.75, 3.05) is 25.0 Å². The lowest BCUT2D eigenvalue weighted by Gasteiger charge is -2.18. The van der Waals surface area contributed by atoms with Crippen LogP contribution in [0.5, 0.6) is 0 Å². The van der Waals surface area contributed by atoms with Gasteiger partial charge >= 0.3 is 0 Å². The largest absolute Gasteiger partial charge is 0.344 e. The van der Waals surface area contributed by atoms with Crippen LogP contribution in [0, 0.1) is 6.92 Å². The molecular formula is C14H26N4. The van der Waals surface area contributed by atoms with Crippen LogP contribution >= 0.6 is 0 Å². The first kappa shape index (κ1) is 14.9. The topological polar surface area (TPSA) is 55.0 Å². The summed E-state index contributed by atoms with van der Waals surface area (Å²) < 4.78 is 0. The zero-order valence-corrected chi connectivity index (χ0v) is 12.1. The van der Waals surface area contributed by atoms with E-state index >= 15 is 0 Å². The number of nitrogens with two attached hydrogens (primary N) is 1. The van der Waals surface area contributed by atoms with E-state index in [1.54, 1.807) is 0 Å². The number of aromatic nitrogens is 2. The van der Waals surface area contributed by atoms with Gasteiger partial charge in [0.2, 0.25) is 5.95 Å². The van der Waals surface area contributed by atoms with Crippen LogP contribution in [0.4, 0.5) is 5.95 Å². The molecule has 0 spiro atoms. The molecule has 0 unspecified atom stereocenters. The average molecular weight is 250 g/mol. The lowest BCUT2D eigenvalue weighted by molar-refractivity contribution is 0.669. The summed E-state index contributed by atoms with van der Waals surface area (Å²) in [5, 5.41) is 0. The molecule has 0 saturated carbocycles. The van der Waals surface area contributed by atoms with Crippen molar-refractivity contribution in [1.82, 2.24) is 9.97 Å². The summed E-state index contributed by atoms with van der Waals surface area (Å²) in [6.07, 6.45) is 3.41. The third kappa shape index (κ3) is 4.61. The van der Waals surface area contributed by atoms with Gasteiger partial charge in [0.1, 0.15) is 0 Å². The molecule has 1 heterocycles. The van der Waals surface area contributed by atoms with E-state index in [-0.39, 0.29) is 0 Å². The minimum absolute atomic E-state index is 0.441. The van der Waals surface area contributed by atoms with E-state index in [0.717, 1.165) is 43.3 Å². The highest BCUT2D eigenvalue weighted by atomic mass is 15.2. The summed E-state index contributed by atoms with van der Waals surface area (Å²) in [6, 6.07) is 2.07. The van der Waals surface area contributed by atoms with Crippen LogP contribution in [0.2, 0.25) is 0 Å². The fourth-order valence-electron chi connectivity index (χ4n) is 1.81. The number of hydrogen-bond acceptors (Lipinski definition) is 4. The molecule has 0 atom stereocenters. The third-order valence-corrected chi connectivity index (χ3v) is 2.99. The van der Waals surface area contributed by atoms with Gasteiger partial charge in [-0.2, -0.15) is 0 Å².